The Kier molecular flexibility index (Phi) is 9.38. The molecule has 10 heteroatoms. The van der Waals surface area contributed by atoms with Gasteiger partial charge in [0.1, 0.15) is 5.75 Å². The lowest BCUT2D eigenvalue weighted by Crippen LogP contribution is -2.46. The lowest BCUT2D eigenvalue weighted by atomic mass is 9.83. The van der Waals surface area contributed by atoms with Gasteiger partial charge in [0, 0.05) is 64.0 Å². The third-order valence-electron chi connectivity index (χ3n) is 8.04. The molecule has 0 aromatic heterocycles. The van der Waals surface area contributed by atoms with Gasteiger partial charge in [0.25, 0.3) is 0 Å². The molecule has 0 aliphatic carbocycles. The summed E-state index contributed by atoms with van der Waals surface area (Å²) in [6.45, 7) is 4.26. The smallest absolute Gasteiger partial charge is 0.308 e. The van der Waals surface area contributed by atoms with Gasteiger partial charge in [-0.3, -0.25) is 29.0 Å². The number of carbonyl (C=O) groups excluding carboxylic acids is 3. The summed E-state index contributed by atoms with van der Waals surface area (Å²) in [6.07, 6.45) is 3.69. The van der Waals surface area contributed by atoms with Crippen LogP contribution in [0.15, 0.2) is 18.2 Å². The summed E-state index contributed by atoms with van der Waals surface area (Å²) >= 11 is 0. The molecule has 208 valence electrons. The van der Waals surface area contributed by atoms with Crippen LogP contribution in [0.1, 0.15) is 62.5 Å². The van der Waals surface area contributed by atoms with Crippen molar-refractivity contribution >= 4 is 23.7 Å². The van der Waals surface area contributed by atoms with Gasteiger partial charge in [-0.15, -0.1) is 0 Å². The molecule has 38 heavy (non-hydrogen) atoms. The molecule has 0 unspecified atom stereocenters. The molecule has 1 aromatic rings. The number of carboxylic acids is 1. The monoisotopic (exact) mass is 529 g/mol. The van der Waals surface area contributed by atoms with Crippen molar-refractivity contribution in [2.45, 2.75) is 63.8 Å². The van der Waals surface area contributed by atoms with Crippen LogP contribution in [0, 0.1) is 5.92 Å². The van der Waals surface area contributed by atoms with Crippen LogP contribution in [0.5, 0.6) is 5.75 Å². The van der Waals surface area contributed by atoms with Gasteiger partial charge in [0.2, 0.25) is 17.7 Å². The predicted molar refractivity (Wildman–Crippen MR) is 139 cm³/mol. The zero-order chi connectivity index (χ0) is 27.2. The van der Waals surface area contributed by atoms with Gasteiger partial charge < -0.3 is 19.8 Å². The summed E-state index contributed by atoms with van der Waals surface area (Å²) < 4.78 is 5.63. The normalized spacial score (nSPS) is 23.1. The molecule has 3 atom stereocenters. The molecule has 1 aromatic carbocycles. The number of hydrogen-bond donors (Lipinski definition) is 2. The maximum atomic E-state index is 13.4. The molecule has 0 bridgehead atoms. The molecule has 10 nitrogen and oxygen atoms in total. The van der Waals surface area contributed by atoms with Crippen LogP contribution in [0.3, 0.4) is 0 Å². The summed E-state index contributed by atoms with van der Waals surface area (Å²) in [5, 5.41) is 19.7. The zero-order valence-electron chi connectivity index (χ0n) is 22.1. The fourth-order valence-electron chi connectivity index (χ4n) is 6.01. The van der Waals surface area contributed by atoms with E-state index in [-0.39, 0.29) is 62.6 Å². The summed E-state index contributed by atoms with van der Waals surface area (Å²) in [5.74, 6) is -1.82. The Morgan fingerprint density at radius 1 is 1.11 bits per heavy atom. The standard InChI is InChI=1S/C28H39N3O7/c1-2-3-11-29(12-4-14-32)26(35)18-30-17-21(19-5-6-23-20(16-19)10-15-38-23)27(28(36)37)22(30)9-13-31-24(33)7-8-25(31)34/h5-6,16,21-22,27,32H,2-4,7-15,17-18H2,1H3,(H,36,37)/t21-,22+,27-/m1/s1. The van der Waals surface area contributed by atoms with Crippen molar-refractivity contribution in [3.8, 4) is 5.75 Å². The Balaban J connectivity index is 1.59. The number of imide groups is 1. The molecular formula is C28H39N3O7. The molecular weight excluding hydrogens is 490 g/mol. The van der Waals surface area contributed by atoms with Crippen molar-refractivity contribution in [3.05, 3.63) is 29.3 Å². The van der Waals surface area contributed by atoms with Crippen LogP contribution in [-0.2, 0) is 25.6 Å². The second kappa shape index (κ2) is 12.7. The number of aliphatic hydroxyl groups is 1. The number of carboxylic acid groups (broad SMARTS) is 1. The summed E-state index contributed by atoms with van der Waals surface area (Å²) in [5.41, 5.74) is 1.96. The quantitative estimate of drug-likeness (QED) is 0.369. The molecule has 4 rings (SSSR count). The highest BCUT2D eigenvalue weighted by Crippen LogP contribution is 2.41. The summed E-state index contributed by atoms with van der Waals surface area (Å²) in [4.78, 5) is 55.5. The number of benzene rings is 1. The van der Waals surface area contributed by atoms with E-state index in [1.807, 2.05) is 23.1 Å². The first-order valence-corrected chi connectivity index (χ1v) is 13.8. The van der Waals surface area contributed by atoms with Crippen molar-refractivity contribution in [2.75, 3.05) is 45.9 Å². The largest absolute Gasteiger partial charge is 0.493 e. The number of hydrogen-bond acceptors (Lipinski definition) is 7. The van der Waals surface area contributed by atoms with Crippen LogP contribution in [0.4, 0.5) is 0 Å². The van der Waals surface area contributed by atoms with Gasteiger partial charge in [-0.1, -0.05) is 25.5 Å². The lowest BCUT2D eigenvalue weighted by molar-refractivity contribution is -0.144. The van der Waals surface area contributed by atoms with Crippen LogP contribution in [-0.4, -0.2) is 101 Å². The van der Waals surface area contributed by atoms with Gasteiger partial charge in [-0.05, 0) is 36.5 Å². The molecule has 3 amide bonds. The van der Waals surface area contributed by atoms with Crippen LogP contribution >= 0.6 is 0 Å². The maximum Gasteiger partial charge on any atom is 0.308 e. The Labute approximate surface area is 223 Å². The van der Waals surface area contributed by atoms with Gasteiger partial charge in [0.05, 0.1) is 19.1 Å². The number of nitrogens with zero attached hydrogens (tertiary/aromatic N) is 3. The molecule has 0 spiro atoms. The van der Waals surface area contributed by atoms with Crippen molar-refractivity contribution in [2.24, 2.45) is 5.92 Å². The third-order valence-corrected chi connectivity index (χ3v) is 8.04. The number of ether oxygens (including phenoxy) is 1. The first-order valence-electron chi connectivity index (χ1n) is 13.8. The van der Waals surface area contributed by atoms with Crippen LogP contribution in [0.2, 0.25) is 0 Å². The number of fused-ring (bicyclic) bond motifs is 1. The minimum Gasteiger partial charge on any atom is -0.493 e. The van der Waals surface area contributed by atoms with E-state index in [9.17, 15) is 29.4 Å². The molecule has 2 N–H and O–H groups in total. The first kappa shape index (κ1) is 28.0. The van der Waals surface area contributed by atoms with Crippen LogP contribution in [0.25, 0.3) is 0 Å². The van der Waals surface area contributed by atoms with Crippen molar-refractivity contribution < 1.29 is 34.1 Å². The zero-order valence-corrected chi connectivity index (χ0v) is 22.1. The Morgan fingerprint density at radius 3 is 2.53 bits per heavy atom. The number of likely N-dealkylation sites (tertiary alicyclic amines) is 2. The van der Waals surface area contributed by atoms with Crippen molar-refractivity contribution in [3.63, 3.8) is 0 Å². The lowest BCUT2D eigenvalue weighted by Gasteiger charge is -2.30. The van der Waals surface area contributed by atoms with E-state index in [0.717, 1.165) is 36.1 Å². The number of carbonyl (C=O) groups is 4. The molecule has 2 saturated heterocycles. The second-order valence-electron chi connectivity index (χ2n) is 10.5. The summed E-state index contributed by atoms with van der Waals surface area (Å²) in [6, 6.07) is 5.31. The average molecular weight is 530 g/mol. The number of unbranched alkanes of at least 4 members (excludes halogenated alkanes) is 1. The topological polar surface area (TPSA) is 128 Å². The average Bonchev–Trinajstić information content (AvgIpc) is 3.59. The molecule has 2 fully saturated rings. The molecule has 3 aliphatic heterocycles. The van der Waals surface area contributed by atoms with E-state index in [1.165, 1.54) is 4.90 Å². The minimum atomic E-state index is -0.950. The first-order chi connectivity index (χ1) is 18.3. The number of rotatable bonds is 13. The van der Waals surface area contributed by atoms with E-state index in [4.69, 9.17) is 4.74 Å². The second-order valence-corrected chi connectivity index (χ2v) is 10.5. The van der Waals surface area contributed by atoms with E-state index in [0.29, 0.717) is 32.7 Å². The predicted octanol–water partition coefficient (Wildman–Crippen LogP) is 1.64. The van der Waals surface area contributed by atoms with Gasteiger partial charge in [-0.2, -0.15) is 0 Å². The third kappa shape index (κ3) is 6.18. The fourth-order valence-corrected chi connectivity index (χ4v) is 6.01. The van der Waals surface area contributed by atoms with Crippen LogP contribution < -0.4 is 4.74 Å². The van der Waals surface area contributed by atoms with Gasteiger partial charge in [0.15, 0.2) is 0 Å². The Bertz CT molecular complexity index is 1020. The van der Waals surface area contributed by atoms with E-state index in [2.05, 4.69) is 6.92 Å². The summed E-state index contributed by atoms with van der Waals surface area (Å²) in [7, 11) is 0. The Hall–Kier alpha value is -2.98. The molecule has 0 saturated carbocycles. The van der Waals surface area contributed by atoms with E-state index >= 15 is 0 Å². The number of aliphatic carboxylic acids is 1. The van der Waals surface area contributed by atoms with Gasteiger partial charge >= 0.3 is 5.97 Å². The highest BCUT2D eigenvalue weighted by molar-refractivity contribution is 6.01. The molecule has 3 aliphatic rings. The van der Waals surface area contributed by atoms with Crippen molar-refractivity contribution in [1.82, 2.24) is 14.7 Å². The number of amides is 3. The molecule has 3 heterocycles. The minimum absolute atomic E-state index is 0.00859. The molecule has 0 radical (unpaired) electrons. The van der Waals surface area contributed by atoms with E-state index in [1.54, 1.807) is 4.90 Å². The maximum absolute atomic E-state index is 13.4. The van der Waals surface area contributed by atoms with E-state index < -0.39 is 17.9 Å². The van der Waals surface area contributed by atoms with Crippen molar-refractivity contribution in [1.29, 1.82) is 0 Å². The highest BCUT2D eigenvalue weighted by atomic mass is 16.5. The Morgan fingerprint density at radius 2 is 1.84 bits per heavy atom. The SMILES string of the molecule is CCCCN(CCCO)C(=O)CN1C[C@H](c2ccc3c(c2)CCO3)[C@@H](C(=O)O)[C@@H]1CCN1C(=O)CCC1=O. The highest BCUT2D eigenvalue weighted by Gasteiger charge is 2.47. The fraction of sp³-hybridized carbons (Fsp3) is 0.643. The number of aliphatic hydroxyl groups excluding tert-OH is 1. The van der Waals surface area contributed by atoms with Gasteiger partial charge in [-0.25, -0.2) is 0 Å².